The second kappa shape index (κ2) is 7.10. The molecule has 0 spiro atoms. The van der Waals surface area contributed by atoms with Gasteiger partial charge in [-0.2, -0.15) is 17.0 Å². The number of carboxylic acid groups (broad SMARTS) is 1. The zero-order valence-corrected chi connectivity index (χ0v) is 15.2. The summed E-state index contributed by atoms with van der Waals surface area (Å²) in [4.78, 5) is 11.6. The Morgan fingerprint density at radius 1 is 1.36 bits per heavy atom. The molecule has 25 heavy (non-hydrogen) atoms. The Morgan fingerprint density at radius 3 is 2.44 bits per heavy atom. The Kier molecular flexibility index (Phi) is 5.84. The van der Waals surface area contributed by atoms with Crippen LogP contribution in [0.5, 0.6) is 0 Å². The molecule has 0 aromatic carbocycles. The van der Waals surface area contributed by atoms with Crippen LogP contribution in [0.1, 0.15) is 25.7 Å². The fourth-order valence-electron chi connectivity index (χ4n) is 3.25. The van der Waals surface area contributed by atoms with Crippen LogP contribution in [0, 0.1) is 5.92 Å². The zero-order chi connectivity index (χ0) is 19.0. The molecule has 2 aliphatic rings. The van der Waals surface area contributed by atoms with E-state index in [4.69, 9.17) is 21.5 Å². The standard InChI is InChI=1S/C13H27BN4O6S/c1-17(8-12(15)4-5-12)25(23,24)18-7-10(3-2-6-14(21)22)13(16,9-18)11(19)20/h10,21-22H,2-9,15-16H2,1H3,(H,19,20)/t10-,13-/m0/s1. The van der Waals surface area contributed by atoms with E-state index in [1.54, 1.807) is 0 Å². The molecular formula is C13H27BN4O6S. The van der Waals surface area contributed by atoms with Gasteiger partial charge in [-0.25, -0.2) is 0 Å². The predicted molar refractivity (Wildman–Crippen MR) is 91.6 cm³/mol. The monoisotopic (exact) mass is 378 g/mol. The van der Waals surface area contributed by atoms with Crippen molar-refractivity contribution in [3.05, 3.63) is 0 Å². The van der Waals surface area contributed by atoms with Crippen LogP contribution in [-0.4, -0.2) is 83.0 Å². The van der Waals surface area contributed by atoms with E-state index in [-0.39, 0.29) is 32.4 Å². The molecule has 144 valence electrons. The van der Waals surface area contributed by atoms with Crippen molar-refractivity contribution in [1.82, 2.24) is 8.61 Å². The van der Waals surface area contributed by atoms with Crippen LogP contribution in [-0.2, 0) is 15.0 Å². The number of likely N-dealkylation sites (N-methyl/N-ethyl adjacent to an activating group) is 1. The summed E-state index contributed by atoms with van der Waals surface area (Å²) < 4.78 is 27.7. The van der Waals surface area contributed by atoms with Gasteiger partial charge in [0.25, 0.3) is 10.2 Å². The smallest absolute Gasteiger partial charge is 0.451 e. The molecule has 1 aliphatic carbocycles. The second-order valence-electron chi connectivity index (χ2n) is 7.37. The van der Waals surface area contributed by atoms with Crippen LogP contribution in [0.25, 0.3) is 0 Å². The second-order valence-corrected chi connectivity index (χ2v) is 9.41. The number of hydrogen-bond acceptors (Lipinski definition) is 7. The van der Waals surface area contributed by atoms with E-state index < -0.39 is 40.3 Å². The van der Waals surface area contributed by atoms with Crippen molar-refractivity contribution < 1.29 is 28.4 Å². The molecule has 1 heterocycles. The topological polar surface area (TPSA) is 170 Å². The van der Waals surface area contributed by atoms with E-state index >= 15 is 0 Å². The lowest BCUT2D eigenvalue weighted by Gasteiger charge is -2.27. The van der Waals surface area contributed by atoms with Gasteiger partial charge in [0.15, 0.2) is 0 Å². The molecule has 1 aliphatic heterocycles. The van der Waals surface area contributed by atoms with Crippen molar-refractivity contribution in [3.8, 4) is 0 Å². The third-order valence-electron chi connectivity index (χ3n) is 5.15. The number of hydrogen-bond donors (Lipinski definition) is 5. The summed E-state index contributed by atoms with van der Waals surface area (Å²) >= 11 is 0. The summed E-state index contributed by atoms with van der Waals surface area (Å²) in [7, 11) is -3.92. The minimum atomic E-state index is -3.87. The SMILES string of the molecule is CN(CC1(N)CC1)S(=O)(=O)N1C[C@H](CCCB(O)O)[C@](N)(C(=O)O)C1. The molecule has 0 aromatic heterocycles. The van der Waals surface area contributed by atoms with Gasteiger partial charge in [-0.15, -0.1) is 0 Å². The molecule has 2 fully saturated rings. The lowest BCUT2D eigenvalue weighted by molar-refractivity contribution is -0.144. The summed E-state index contributed by atoms with van der Waals surface area (Å²) in [5, 5.41) is 27.3. The van der Waals surface area contributed by atoms with Gasteiger partial charge in [-0.1, -0.05) is 6.42 Å². The molecule has 2 rings (SSSR count). The van der Waals surface area contributed by atoms with Crippen molar-refractivity contribution in [3.63, 3.8) is 0 Å². The first kappa shape index (κ1) is 20.6. The van der Waals surface area contributed by atoms with Gasteiger partial charge in [0.2, 0.25) is 0 Å². The van der Waals surface area contributed by atoms with E-state index in [0.717, 1.165) is 21.5 Å². The van der Waals surface area contributed by atoms with Crippen LogP contribution in [0.15, 0.2) is 0 Å². The van der Waals surface area contributed by atoms with Gasteiger partial charge in [0.1, 0.15) is 5.54 Å². The van der Waals surface area contributed by atoms with Crippen molar-refractivity contribution in [2.45, 2.75) is 43.1 Å². The summed E-state index contributed by atoms with van der Waals surface area (Å²) in [5.74, 6) is -1.88. The van der Waals surface area contributed by atoms with Crippen LogP contribution in [0.3, 0.4) is 0 Å². The molecule has 0 unspecified atom stereocenters. The van der Waals surface area contributed by atoms with E-state index in [2.05, 4.69) is 0 Å². The first-order chi connectivity index (χ1) is 11.4. The molecule has 10 nitrogen and oxygen atoms in total. The molecule has 12 heteroatoms. The Bertz CT molecular complexity index is 614. The summed E-state index contributed by atoms with van der Waals surface area (Å²) in [6.07, 6.45) is 2.22. The first-order valence-electron chi connectivity index (χ1n) is 8.29. The molecule has 2 atom stereocenters. The number of rotatable bonds is 9. The summed E-state index contributed by atoms with van der Waals surface area (Å²) in [5.41, 5.74) is 9.80. The largest absolute Gasteiger partial charge is 0.480 e. The molecule has 7 N–H and O–H groups in total. The summed E-state index contributed by atoms with van der Waals surface area (Å²) in [6.45, 7) is -0.161. The minimum Gasteiger partial charge on any atom is -0.480 e. The zero-order valence-electron chi connectivity index (χ0n) is 14.3. The molecule has 1 saturated carbocycles. The number of nitrogens with two attached hydrogens (primary N) is 2. The Hall–Kier alpha value is -0.755. The predicted octanol–water partition coefficient (Wildman–Crippen LogP) is -2.38. The Balaban J connectivity index is 2.10. The highest BCUT2D eigenvalue weighted by atomic mass is 32.2. The van der Waals surface area contributed by atoms with Gasteiger partial charge in [-0.3, -0.25) is 4.79 Å². The molecular weight excluding hydrogens is 351 g/mol. The average Bonchev–Trinajstić information content (AvgIpc) is 3.09. The lowest BCUT2D eigenvalue weighted by atomic mass is 9.78. The average molecular weight is 378 g/mol. The maximum absolute atomic E-state index is 12.7. The van der Waals surface area contributed by atoms with Gasteiger partial charge < -0.3 is 26.6 Å². The van der Waals surface area contributed by atoms with Crippen LogP contribution in [0.4, 0.5) is 0 Å². The highest BCUT2D eigenvalue weighted by Crippen LogP contribution is 2.36. The fourth-order valence-corrected chi connectivity index (χ4v) is 4.81. The summed E-state index contributed by atoms with van der Waals surface area (Å²) in [6, 6.07) is 0. The van der Waals surface area contributed by atoms with E-state index in [1.165, 1.54) is 7.05 Å². The van der Waals surface area contributed by atoms with Crippen LogP contribution in [0.2, 0.25) is 6.32 Å². The normalized spacial score (nSPS) is 29.1. The number of aliphatic carboxylic acids is 1. The van der Waals surface area contributed by atoms with Crippen LogP contribution < -0.4 is 11.5 Å². The Labute approximate surface area is 148 Å². The Morgan fingerprint density at radius 2 is 1.96 bits per heavy atom. The van der Waals surface area contributed by atoms with Crippen molar-refractivity contribution in [1.29, 1.82) is 0 Å². The highest BCUT2D eigenvalue weighted by Gasteiger charge is 2.53. The van der Waals surface area contributed by atoms with Crippen molar-refractivity contribution in [2.24, 2.45) is 17.4 Å². The number of nitrogens with zero attached hydrogens (tertiary/aromatic N) is 2. The maximum Gasteiger partial charge on any atom is 0.451 e. The molecule has 0 aromatic rings. The number of carbonyl (C=O) groups is 1. The molecule has 0 amide bonds. The van der Waals surface area contributed by atoms with Gasteiger partial charge >= 0.3 is 13.1 Å². The third-order valence-corrected chi connectivity index (χ3v) is 7.00. The van der Waals surface area contributed by atoms with E-state index in [1.807, 2.05) is 0 Å². The van der Waals surface area contributed by atoms with E-state index in [9.17, 15) is 18.3 Å². The molecule has 0 radical (unpaired) electrons. The first-order valence-corrected chi connectivity index (χ1v) is 9.69. The van der Waals surface area contributed by atoms with Gasteiger partial charge in [-0.05, 0) is 25.6 Å². The van der Waals surface area contributed by atoms with Crippen molar-refractivity contribution >= 4 is 23.3 Å². The fraction of sp³-hybridized carbons (Fsp3) is 0.923. The minimum absolute atomic E-state index is 0.0193. The van der Waals surface area contributed by atoms with Gasteiger partial charge in [0, 0.05) is 38.1 Å². The highest BCUT2D eigenvalue weighted by molar-refractivity contribution is 7.86. The van der Waals surface area contributed by atoms with Crippen LogP contribution >= 0.6 is 0 Å². The maximum atomic E-state index is 12.7. The lowest BCUT2D eigenvalue weighted by Crippen LogP contribution is -2.55. The molecule has 0 bridgehead atoms. The van der Waals surface area contributed by atoms with Gasteiger partial charge in [0.05, 0.1) is 0 Å². The quantitative estimate of drug-likeness (QED) is 0.277. The third kappa shape index (κ3) is 4.51. The van der Waals surface area contributed by atoms with Crippen molar-refractivity contribution in [2.75, 3.05) is 26.7 Å². The number of carboxylic acids is 1. The van der Waals surface area contributed by atoms with E-state index in [0.29, 0.717) is 6.42 Å². The molecule has 1 saturated heterocycles.